The van der Waals surface area contributed by atoms with E-state index in [4.69, 9.17) is 0 Å². The standard InChI is InChI=1S/C14H24N2O/c17-14(13-7-2-1-3-8-15-13)16-9-11-5-4-6-12(11)10-16/h11-13,15H,1-10H2. The third-order valence-corrected chi connectivity index (χ3v) is 4.90. The maximum absolute atomic E-state index is 12.4. The molecule has 0 spiro atoms. The lowest BCUT2D eigenvalue weighted by atomic mass is 10.0. The number of likely N-dealkylation sites (tertiary alicyclic amines) is 1. The zero-order chi connectivity index (χ0) is 11.7. The molecule has 1 N–H and O–H groups in total. The van der Waals surface area contributed by atoms with Crippen LogP contribution in [-0.4, -0.2) is 36.5 Å². The van der Waals surface area contributed by atoms with E-state index in [9.17, 15) is 4.79 Å². The fraction of sp³-hybridized carbons (Fsp3) is 0.929. The van der Waals surface area contributed by atoms with Gasteiger partial charge in [-0.05, 0) is 44.1 Å². The minimum atomic E-state index is 0.122. The van der Waals surface area contributed by atoms with Crippen molar-refractivity contribution in [2.45, 2.75) is 51.0 Å². The minimum Gasteiger partial charge on any atom is -0.341 e. The van der Waals surface area contributed by atoms with Gasteiger partial charge in [-0.2, -0.15) is 0 Å². The average molecular weight is 236 g/mol. The van der Waals surface area contributed by atoms with Crippen molar-refractivity contribution in [1.82, 2.24) is 10.2 Å². The van der Waals surface area contributed by atoms with Gasteiger partial charge in [0.25, 0.3) is 0 Å². The number of amides is 1. The molecule has 17 heavy (non-hydrogen) atoms. The molecule has 0 aromatic carbocycles. The summed E-state index contributed by atoms with van der Waals surface area (Å²) in [6, 6.07) is 0.122. The quantitative estimate of drug-likeness (QED) is 0.752. The molecular formula is C14H24N2O. The minimum absolute atomic E-state index is 0.122. The van der Waals surface area contributed by atoms with Gasteiger partial charge in [0.05, 0.1) is 6.04 Å². The van der Waals surface area contributed by atoms with E-state index >= 15 is 0 Å². The fourth-order valence-electron chi connectivity index (χ4n) is 3.87. The number of fused-ring (bicyclic) bond motifs is 1. The van der Waals surface area contributed by atoms with Crippen LogP contribution < -0.4 is 5.32 Å². The van der Waals surface area contributed by atoms with Crippen LogP contribution in [0.1, 0.15) is 44.9 Å². The van der Waals surface area contributed by atoms with Crippen LogP contribution in [0.15, 0.2) is 0 Å². The Morgan fingerprint density at radius 3 is 2.47 bits per heavy atom. The lowest BCUT2D eigenvalue weighted by molar-refractivity contribution is -0.132. The molecule has 3 nitrogen and oxygen atoms in total. The highest BCUT2D eigenvalue weighted by Gasteiger charge is 2.39. The summed E-state index contributed by atoms with van der Waals surface area (Å²) in [6.45, 7) is 3.11. The second kappa shape index (κ2) is 4.97. The molecule has 3 unspecified atom stereocenters. The van der Waals surface area contributed by atoms with Gasteiger partial charge in [0.1, 0.15) is 0 Å². The van der Waals surface area contributed by atoms with Crippen molar-refractivity contribution >= 4 is 5.91 Å². The number of hydrogen-bond acceptors (Lipinski definition) is 2. The van der Waals surface area contributed by atoms with Crippen molar-refractivity contribution in [1.29, 1.82) is 0 Å². The summed E-state index contributed by atoms with van der Waals surface area (Å²) in [5.74, 6) is 2.04. The monoisotopic (exact) mass is 236 g/mol. The Bertz CT molecular complexity index is 272. The van der Waals surface area contributed by atoms with Crippen molar-refractivity contribution in [2.75, 3.05) is 19.6 Å². The van der Waals surface area contributed by atoms with Crippen LogP contribution in [0.2, 0.25) is 0 Å². The molecule has 3 heteroatoms. The first-order chi connectivity index (χ1) is 8.34. The molecule has 3 atom stereocenters. The smallest absolute Gasteiger partial charge is 0.239 e. The molecule has 2 saturated heterocycles. The third-order valence-electron chi connectivity index (χ3n) is 4.90. The summed E-state index contributed by atoms with van der Waals surface area (Å²) in [5.41, 5.74) is 0. The lowest BCUT2D eigenvalue weighted by Crippen LogP contribution is -2.45. The van der Waals surface area contributed by atoms with Gasteiger partial charge >= 0.3 is 0 Å². The third kappa shape index (κ3) is 2.35. The molecule has 3 rings (SSSR count). The van der Waals surface area contributed by atoms with Gasteiger partial charge in [0, 0.05) is 13.1 Å². The Kier molecular flexibility index (Phi) is 3.37. The zero-order valence-corrected chi connectivity index (χ0v) is 10.7. The normalized spacial score (nSPS) is 37.9. The van der Waals surface area contributed by atoms with Gasteiger partial charge in [0.15, 0.2) is 0 Å². The first-order valence-electron chi connectivity index (χ1n) is 7.37. The Labute approximate surface area is 104 Å². The van der Waals surface area contributed by atoms with Crippen molar-refractivity contribution in [3.05, 3.63) is 0 Å². The molecule has 0 aromatic rings. The molecule has 96 valence electrons. The number of carbonyl (C=O) groups excluding carboxylic acids is 1. The average Bonchev–Trinajstić information content (AvgIpc) is 2.80. The van der Waals surface area contributed by atoms with Crippen LogP contribution in [-0.2, 0) is 4.79 Å². The number of nitrogens with zero attached hydrogens (tertiary/aromatic N) is 1. The van der Waals surface area contributed by atoms with Crippen LogP contribution in [0.25, 0.3) is 0 Å². The lowest BCUT2D eigenvalue weighted by Gasteiger charge is -2.23. The molecule has 2 heterocycles. The molecule has 1 saturated carbocycles. The molecule has 1 aliphatic carbocycles. The van der Waals surface area contributed by atoms with E-state index in [1.807, 2.05) is 0 Å². The molecule has 3 fully saturated rings. The van der Waals surface area contributed by atoms with Crippen LogP contribution in [0.4, 0.5) is 0 Å². The maximum Gasteiger partial charge on any atom is 0.239 e. The summed E-state index contributed by atoms with van der Waals surface area (Å²) in [5, 5.41) is 3.43. The Balaban J connectivity index is 1.58. The number of hydrogen-bond donors (Lipinski definition) is 1. The Hall–Kier alpha value is -0.570. The maximum atomic E-state index is 12.4. The van der Waals surface area contributed by atoms with Gasteiger partial charge < -0.3 is 10.2 Å². The molecule has 0 bridgehead atoms. The fourth-order valence-corrected chi connectivity index (χ4v) is 3.87. The van der Waals surface area contributed by atoms with Gasteiger partial charge in [-0.1, -0.05) is 19.3 Å². The van der Waals surface area contributed by atoms with Crippen LogP contribution in [0, 0.1) is 11.8 Å². The van der Waals surface area contributed by atoms with Crippen molar-refractivity contribution in [3.8, 4) is 0 Å². The molecule has 0 aromatic heterocycles. The SMILES string of the molecule is O=C(C1CCCCCN1)N1CC2CCCC2C1. The van der Waals surface area contributed by atoms with Crippen LogP contribution in [0.3, 0.4) is 0 Å². The molecule has 0 radical (unpaired) electrons. The van der Waals surface area contributed by atoms with Gasteiger partial charge in [0.2, 0.25) is 5.91 Å². The van der Waals surface area contributed by atoms with E-state index in [1.54, 1.807) is 0 Å². The molecule has 2 aliphatic heterocycles. The van der Waals surface area contributed by atoms with E-state index in [-0.39, 0.29) is 6.04 Å². The predicted octanol–water partition coefficient (Wildman–Crippen LogP) is 1.78. The molecular weight excluding hydrogens is 212 g/mol. The number of carbonyl (C=O) groups is 1. The summed E-state index contributed by atoms with van der Waals surface area (Å²) < 4.78 is 0. The Morgan fingerprint density at radius 1 is 0.941 bits per heavy atom. The zero-order valence-electron chi connectivity index (χ0n) is 10.7. The topological polar surface area (TPSA) is 32.3 Å². The van der Waals surface area contributed by atoms with E-state index in [0.29, 0.717) is 5.91 Å². The van der Waals surface area contributed by atoms with E-state index < -0.39 is 0 Å². The second-order valence-corrected chi connectivity index (χ2v) is 6.05. The molecule has 3 aliphatic rings. The summed E-state index contributed by atoms with van der Waals surface area (Å²) in [6.07, 6.45) is 8.87. The van der Waals surface area contributed by atoms with Crippen molar-refractivity contribution < 1.29 is 4.79 Å². The van der Waals surface area contributed by atoms with Crippen LogP contribution >= 0.6 is 0 Å². The Morgan fingerprint density at radius 2 is 1.71 bits per heavy atom. The number of nitrogens with one attached hydrogen (secondary N) is 1. The first kappa shape index (κ1) is 11.5. The highest BCUT2D eigenvalue weighted by molar-refractivity contribution is 5.82. The van der Waals surface area contributed by atoms with Gasteiger partial charge in [-0.25, -0.2) is 0 Å². The van der Waals surface area contributed by atoms with Crippen molar-refractivity contribution in [2.24, 2.45) is 11.8 Å². The summed E-state index contributed by atoms with van der Waals surface area (Å²) in [4.78, 5) is 14.6. The van der Waals surface area contributed by atoms with Gasteiger partial charge in [-0.3, -0.25) is 4.79 Å². The highest BCUT2D eigenvalue weighted by atomic mass is 16.2. The second-order valence-electron chi connectivity index (χ2n) is 6.05. The largest absolute Gasteiger partial charge is 0.341 e. The van der Waals surface area contributed by atoms with E-state index in [0.717, 1.165) is 37.9 Å². The van der Waals surface area contributed by atoms with E-state index in [1.165, 1.54) is 38.5 Å². The highest BCUT2D eigenvalue weighted by Crippen LogP contribution is 2.38. The van der Waals surface area contributed by atoms with Crippen molar-refractivity contribution in [3.63, 3.8) is 0 Å². The molecule has 1 amide bonds. The van der Waals surface area contributed by atoms with Crippen LogP contribution in [0.5, 0.6) is 0 Å². The van der Waals surface area contributed by atoms with E-state index in [2.05, 4.69) is 10.2 Å². The van der Waals surface area contributed by atoms with Gasteiger partial charge in [-0.15, -0.1) is 0 Å². The summed E-state index contributed by atoms with van der Waals surface area (Å²) in [7, 11) is 0. The number of rotatable bonds is 1. The summed E-state index contributed by atoms with van der Waals surface area (Å²) >= 11 is 0. The first-order valence-corrected chi connectivity index (χ1v) is 7.37. The predicted molar refractivity (Wildman–Crippen MR) is 67.7 cm³/mol.